The summed E-state index contributed by atoms with van der Waals surface area (Å²) in [6, 6.07) is 5.10. The molecule has 1 atom stereocenters. The lowest BCUT2D eigenvalue weighted by Gasteiger charge is -2.15. The molecule has 0 unspecified atom stereocenters. The van der Waals surface area contributed by atoms with Crippen LogP contribution in [0.1, 0.15) is 29.3 Å². The lowest BCUT2D eigenvalue weighted by atomic mass is 10.1. The first-order valence-electron chi connectivity index (χ1n) is 5.36. The number of hydrogen-bond acceptors (Lipinski definition) is 3. The van der Waals surface area contributed by atoms with E-state index in [0.29, 0.717) is 17.7 Å². The van der Waals surface area contributed by atoms with E-state index < -0.39 is 0 Å². The molecule has 0 aliphatic rings. The third kappa shape index (κ3) is 2.97. The highest BCUT2D eigenvalue weighted by Gasteiger charge is 2.13. The quantitative estimate of drug-likeness (QED) is 0.667. The molecule has 0 fully saturated rings. The van der Waals surface area contributed by atoms with Gasteiger partial charge >= 0.3 is 0 Å². The molecule has 0 radical (unpaired) electrons. The highest BCUT2D eigenvalue weighted by molar-refractivity contribution is 5.99. The molecule has 0 aliphatic carbocycles. The maximum Gasteiger partial charge on any atom is 0.253 e. The van der Waals surface area contributed by atoms with Gasteiger partial charge in [0.15, 0.2) is 0 Å². The Bertz CT molecular complexity index is 373. The third-order valence-electron chi connectivity index (χ3n) is 2.50. The number of benzene rings is 1. The molecule has 1 aromatic carbocycles. The molecule has 1 aromatic rings. The number of nitrogen functional groups attached to an aromatic ring is 1. The summed E-state index contributed by atoms with van der Waals surface area (Å²) in [6.45, 7) is 3.74. The van der Waals surface area contributed by atoms with Crippen LogP contribution in [0.15, 0.2) is 18.2 Å². The number of carbonyl (C=O) groups excluding carboxylic acids is 1. The van der Waals surface area contributed by atoms with E-state index in [2.05, 4.69) is 5.32 Å². The number of amides is 1. The average molecular weight is 222 g/mol. The zero-order valence-corrected chi connectivity index (χ0v) is 9.66. The van der Waals surface area contributed by atoms with Crippen LogP contribution in [0.3, 0.4) is 0 Å². The predicted molar refractivity (Wildman–Crippen MR) is 64.2 cm³/mol. The van der Waals surface area contributed by atoms with E-state index in [-0.39, 0.29) is 18.6 Å². The van der Waals surface area contributed by atoms with Crippen LogP contribution < -0.4 is 11.1 Å². The maximum absolute atomic E-state index is 11.8. The Morgan fingerprint density at radius 1 is 1.56 bits per heavy atom. The van der Waals surface area contributed by atoms with Crippen LogP contribution in [-0.4, -0.2) is 23.7 Å². The second-order valence-corrected chi connectivity index (χ2v) is 3.85. The number of aliphatic hydroxyl groups excluding tert-OH is 1. The van der Waals surface area contributed by atoms with Crippen LogP contribution >= 0.6 is 0 Å². The molecule has 0 bridgehead atoms. The summed E-state index contributed by atoms with van der Waals surface area (Å²) in [5.41, 5.74) is 7.63. The molecule has 4 heteroatoms. The van der Waals surface area contributed by atoms with Gasteiger partial charge in [0, 0.05) is 5.69 Å². The Hall–Kier alpha value is -1.55. The summed E-state index contributed by atoms with van der Waals surface area (Å²) in [5, 5.41) is 11.7. The molecule has 0 saturated heterocycles. The van der Waals surface area contributed by atoms with Crippen molar-refractivity contribution in [2.45, 2.75) is 26.3 Å². The highest BCUT2D eigenvalue weighted by atomic mass is 16.3. The van der Waals surface area contributed by atoms with E-state index in [4.69, 9.17) is 10.8 Å². The lowest BCUT2D eigenvalue weighted by molar-refractivity contribution is 0.0916. The molecular formula is C12H18N2O2. The largest absolute Gasteiger partial charge is 0.398 e. The van der Waals surface area contributed by atoms with Crippen molar-refractivity contribution in [1.29, 1.82) is 0 Å². The van der Waals surface area contributed by atoms with Crippen molar-refractivity contribution >= 4 is 11.6 Å². The highest BCUT2D eigenvalue weighted by Crippen LogP contribution is 2.13. The van der Waals surface area contributed by atoms with Gasteiger partial charge in [-0.1, -0.05) is 18.6 Å². The Balaban J connectivity index is 2.83. The standard InChI is InChI=1S/C12H18N2O2/c1-3-9(7-15)14-12(16)10-6-8(2)4-5-11(10)13/h4-6,9,15H,3,7,13H2,1-2H3,(H,14,16)/t9-/m0/s1. The molecule has 4 N–H and O–H groups in total. The normalized spacial score (nSPS) is 12.2. The molecular weight excluding hydrogens is 204 g/mol. The van der Waals surface area contributed by atoms with Crippen molar-refractivity contribution in [3.63, 3.8) is 0 Å². The zero-order chi connectivity index (χ0) is 12.1. The summed E-state index contributed by atoms with van der Waals surface area (Å²) < 4.78 is 0. The van der Waals surface area contributed by atoms with Crippen LogP contribution in [0, 0.1) is 6.92 Å². The summed E-state index contributed by atoms with van der Waals surface area (Å²) in [7, 11) is 0. The fourth-order valence-corrected chi connectivity index (χ4v) is 1.41. The number of hydrogen-bond donors (Lipinski definition) is 3. The molecule has 16 heavy (non-hydrogen) atoms. The van der Waals surface area contributed by atoms with E-state index in [1.165, 1.54) is 0 Å². The molecule has 0 saturated carbocycles. The van der Waals surface area contributed by atoms with Crippen molar-refractivity contribution in [3.8, 4) is 0 Å². The Kier molecular flexibility index (Phi) is 4.31. The van der Waals surface area contributed by atoms with Gasteiger partial charge in [-0.3, -0.25) is 4.79 Å². The van der Waals surface area contributed by atoms with Crippen molar-refractivity contribution in [2.75, 3.05) is 12.3 Å². The summed E-state index contributed by atoms with van der Waals surface area (Å²) in [4.78, 5) is 11.8. The van der Waals surface area contributed by atoms with Gasteiger partial charge in [0.05, 0.1) is 18.2 Å². The number of anilines is 1. The van der Waals surface area contributed by atoms with Gasteiger partial charge in [0.25, 0.3) is 5.91 Å². The minimum atomic E-state index is -0.234. The first kappa shape index (κ1) is 12.5. The SMILES string of the molecule is CC[C@@H](CO)NC(=O)c1cc(C)ccc1N. The monoisotopic (exact) mass is 222 g/mol. The minimum absolute atomic E-state index is 0.0615. The van der Waals surface area contributed by atoms with Gasteiger partial charge in [-0.05, 0) is 25.5 Å². The van der Waals surface area contributed by atoms with E-state index in [1.807, 2.05) is 19.9 Å². The molecule has 0 aliphatic heterocycles. The second kappa shape index (κ2) is 5.51. The summed E-state index contributed by atoms with van der Waals surface area (Å²) in [6.07, 6.45) is 0.688. The van der Waals surface area contributed by atoms with Crippen molar-refractivity contribution in [3.05, 3.63) is 29.3 Å². The van der Waals surface area contributed by atoms with Crippen molar-refractivity contribution < 1.29 is 9.90 Å². The van der Waals surface area contributed by atoms with E-state index in [0.717, 1.165) is 5.56 Å². The fraction of sp³-hybridized carbons (Fsp3) is 0.417. The Morgan fingerprint density at radius 3 is 2.81 bits per heavy atom. The number of aliphatic hydroxyl groups is 1. The number of nitrogens with one attached hydrogen (secondary N) is 1. The van der Waals surface area contributed by atoms with Crippen molar-refractivity contribution in [1.82, 2.24) is 5.32 Å². The average Bonchev–Trinajstić information content (AvgIpc) is 2.28. The summed E-state index contributed by atoms with van der Waals surface area (Å²) >= 11 is 0. The summed E-state index contributed by atoms with van der Waals surface area (Å²) in [5.74, 6) is -0.234. The molecule has 0 aromatic heterocycles. The molecule has 88 valence electrons. The van der Waals surface area contributed by atoms with E-state index in [9.17, 15) is 4.79 Å². The van der Waals surface area contributed by atoms with Crippen LogP contribution in [0.4, 0.5) is 5.69 Å². The van der Waals surface area contributed by atoms with Gasteiger partial charge in [0.1, 0.15) is 0 Å². The van der Waals surface area contributed by atoms with Gasteiger partial charge in [0.2, 0.25) is 0 Å². The molecule has 1 amide bonds. The molecule has 4 nitrogen and oxygen atoms in total. The molecule has 1 rings (SSSR count). The van der Waals surface area contributed by atoms with Crippen molar-refractivity contribution in [2.24, 2.45) is 0 Å². The smallest absolute Gasteiger partial charge is 0.253 e. The molecule has 0 heterocycles. The van der Waals surface area contributed by atoms with E-state index >= 15 is 0 Å². The predicted octanol–water partition coefficient (Wildman–Crippen LogP) is 1.08. The number of nitrogens with two attached hydrogens (primary N) is 1. The van der Waals surface area contributed by atoms with Gasteiger partial charge in [-0.2, -0.15) is 0 Å². The van der Waals surface area contributed by atoms with Crippen LogP contribution in [0.5, 0.6) is 0 Å². The Morgan fingerprint density at radius 2 is 2.25 bits per heavy atom. The van der Waals surface area contributed by atoms with Gasteiger partial charge in [-0.25, -0.2) is 0 Å². The topological polar surface area (TPSA) is 75.3 Å². The zero-order valence-electron chi connectivity index (χ0n) is 9.66. The number of aryl methyl sites for hydroxylation is 1. The fourth-order valence-electron chi connectivity index (χ4n) is 1.41. The second-order valence-electron chi connectivity index (χ2n) is 3.85. The lowest BCUT2D eigenvalue weighted by Crippen LogP contribution is -2.37. The number of carbonyl (C=O) groups is 1. The van der Waals surface area contributed by atoms with E-state index in [1.54, 1.807) is 12.1 Å². The maximum atomic E-state index is 11.8. The Labute approximate surface area is 95.5 Å². The number of rotatable bonds is 4. The van der Waals surface area contributed by atoms with Crippen LogP contribution in [0.2, 0.25) is 0 Å². The van der Waals surface area contributed by atoms with Gasteiger partial charge in [-0.15, -0.1) is 0 Å². The van der Waals surface area contributed by atoms with Gasteiger partial charge < -0.3 is 16.2 Å². The first-order valence-corrected chi connectivity index (χ1v) is 5.36. The first-order chi connectivity index (χ1) is 7.58. The van der Waals surface area contributed by atoms with Crippen LogP contribution in [0.25, 0.3) is 0 Å². The van der Waals surface area contributed by atoms with Crippen LogP contribution in [-0.2, 0) is 0 Å². The minimum Gasteiger partial charge on any atom is -0.398 e. The third-order valence-corrected chi connectivity index (χ3v) is 2.50. The molecule has 0 spiro atoms.